The molecule has 20 heavy (non-hydrogen) atoms. The molecule has 0 aliphatic rings. The zero-order valence-corrected chi connectivity index (χ0v) is 12.5. The fourth-order valence-corrected chi connectivity index (χ4v) is 1.79. The molecule has 0 aliphatic carbocycles. The van der Waals surface area contributed by atoms with E-state index in [0.29, 0.717) is 10.0 Å². The van der Waals surface area contributed by atoms with E-state index in [2.05, 4.69) is 5.32 Å². The first-order valence-corrected chi connectivity index (χ1v) is 6.67. The largest absolute Gasteiger partial charge is 0.482 e. The van der Waals surface area contributed by atoms with Crippen molar-refractivity contribution in [2.75, 3.05) is 6.61 Å². The summed E-state index contributed by atoms with van der Waals surface area (Å²) in [7, 11) is 0. The van der Waals surface area contributed by atoms with Crippen LogP contribution in [-0.4, -0.2) is 29.6 Å². The molecule has 0 unspecified atom stereocenters. The maximum Gasteiger partial charge on any atom is 0.326 e. The number of aliphatic carboxylic acids is 1. The fourth-order valence-electron chi connectivity index (χ4n) is 1.46. The molecule has 7 heteroatoms. The van der Waals surface area contributed by atoms with Gasteiger partial charge >= 0.3 is 5.97 Å². The lowest BCUT2D eigenvalue weighted by molar-refractivity contribution is -0.143. The SMILES string of the molecule is CC(C)[C@@H](NC(=O)COc1cc(Cl)ccc1Cl)C(=O)O. The molecule has 110 valence electrons. The van der Waals surface area contributed by atoms with Gasteiger partial charge in [0.05, 0.1) is 5.02 Å². The number of carboxylic acid groups (broad SMARTS) is 1. The standard InChI is InChI=1S/C13H15Cl2NO4/c1-7(2)12(13(18)19)16-11(17)6-20-10-5-8(14)3-4-9(10)15/h3-5,7,12H,6H2,1-2H3,(H,16,17)(H,18,19)/t12-/m1/s1. The van der Waals surface area contributed by atoms with Gasteiger partial charge < -0.3 is 15.2 Å². The second kappa shape index (κ2) is 7.36. The number of hydrogen-bond acceptors (Lipinski definition) is 3. The minimum Gasteiger partial charge on any atom is -0.482 e. The lowest BCUT2D eigenvalue weighted by Gasteiger charge is -2.18. The second-order valence-corrected chi connectivity index (χ2v) is 5.33. The summed E-state index contributed by atoms with van der Waals surface area (Å²) in [6.07, 6.45) is 0. The maximum absolute atomic E-state index is 11.7. The van der Waals surface area contributed by atoms with Crippen LogP contribution in [0.3, 0.4) is 0 Å². The normalized spacial score (nSPS) is 12.1. The molecule has 2 N–H and O–H groups in total. The zero-order chi connectivity index (χ0) is 15.3. The summed E-state index contributed by atoms with van der Waals surface area (Å²) in [5, 5.41) is 12.1. The van der Waals surface area contributed by atoms with Gasteiger partial charge in [-0.3, -0.25) is 4.79 Å². The Morgan fingerprint density at radius 2 is 2.00 bits per heavy atom. The van der Waals surface area contributed by atoms with Crippen LogP contribution in [0.25, 0.3) is 0 Å². The van der Waals surface area contributed by atoms with Crippen molar-refractivity contribution in [1.82, 2.24) is 5.32 Å². The van der Waals surface area contributed by atoms with E-state index in [0.717, 1.165) is 0 Å². The van der Waals surface area contributed by atoms with E-state index in [1.54, 1.807) is 26.0 Å². The molecule has 1 atom stereocenters. The number of rotatable bonds is 6. The lowest BCUT2D eigenvalue weighted by Crippen LogP contribution is -2.46. The predicted molar refractivity (Wildman–Crippen MR) is 76.4 cm³/mol. The number of nitrogens with one attached hydrogen (secondary N) is 1. The maximum atomic E-state index is 11.7. The summed E-state index contributed by atoms with van der Waals surface area (Å²) in [6, 6.07) is 3.66. The third-order valence-electron chi connectivity index (χ3n) is 2.50. The summed E-state index contributed by atoms with van der Waals surface area (Å²) in [5.74, 6) is -1.59. The zero-order valence-electron chi connectivity index (χ0n) is 11.0. The number of halogens is 2. The van der Waals surface area contributed by atoms with Crippen molar-refractivity contribution in [2.24, 2.45) is 5.92 Å². The summed E-state index contributed by atoms with van der Waals surface area (Å²) in [5.41, 5.74) is 0. The van der Waals surface area contributed by atoms with E-state index in [9.17, 15) is 9.59 Å². The second-order valence-electron chi connectivity index (χ2n) is 4.49. The van der Waals surface area contributed by atoms with Gasteiger partial charge in [0.2, 0.25) is 0 Å². The van der Waals surface area contributed by atoms with E-state index in [1.807, 2.05) is 0 Å². The molecule has 0 aliphatic heterocycles. The Morgan fingerprint density at radius 3 is 2.55 bits per heavy atom. The smallest absolute Gasteiger partial charge is 0.326 e. The van der Waals surface area contributed by atoms with Gasteiger partial charge in [-0.25, -0.2) is 4.79 Å². The number of benzene rings is 1. The van der Waals surface area contributed by atoms with E-state index in [-0.39, 0.29) is 18.3 Å². The molecule has 0 fully saturated rings. The number of carbonyl (C=O) groups excluding carboxylic acids is 1. The van der Waals surface area contributed by atoms with Crippen LogP contribution in [0, 0.1) is 5.92 Å². The topological polar surface area (TPSA) is 75.6 Å². The Labute approximate surface area is 126 Å². The van der Waals surface area contributed by atoms with Crippen LogP contribution in [-0.2, 0) is 9.59 Å². The van der Waals surface area contributed by atoms with Crippen LogP contribution in [0.4, 0.5) is 0 Å². The molecule has 1 aromatic rings. The molecule has 0 radical (unpaired) electrons. The van der Waals surface area contributed by atoms with E-state index >= 15 is 0 Å². The van der Waals surface area contributed by atoms with Crippen molar-refractivity contribution < 1.29 is 19.4 Å². The third kappa shape index (κ3) is 4.90. The molecule has 0 aromatic heterocycles. The van der Waals surface area contributed by atoms with Crippen molar-refractivity contribution in [3.05, 3.63) is 28.2 Å². The minimum atomic E-state index is -1.09. The summed E-state index contributed by atoms with van der Waals surface area (Å²) in [6.45, 7) is 3.07. The van der Waals surface area contributed by atoms with Crippen molar-refractivity contribution in [2.45, 2.75) is 19.9 Å². The van der Waals surface area contributed by atoms with Crippen LogP contribution in [0.2, 0.25) is 10.0 Å². The molecule has 0 bridgehead atoms. The predicted octanol–water partition coefficient (Wildman–Crippen LogP) is 2.60. The lowest BCUT2D eigenvalue weighted by atomic mass is 10.1. The number of carbonyl (C=O) groups is 2. The molecule has 1 aromatic carbocycles. The highest BCUT2D eigenvalue weighted by molar-refractivity contribution is 6.34. The molecule has 0 spiro atoms. The van der Waals surface area contributed by atoms with E-state index < -0.39 is 17.9 Å². The third-order valence-corrected chi connectivity index (χ3v) is 3.05. The van der Waals surface area contributed by atoms with Gasteiger partial charge in [-0.15, -0.1) is 0 Å². The molecule has 0 saturated heterocycles. The molecule has 0 saturated carbocycles. The van der Waals surface area contributed by atoms with E-state index in [4.69, 9.17) is 33.0 Å². The summed E-state index contributed by atoms with van der Waals surface area (Å²) >= 11 is 11.7. The van der Waals surface area contributed by atoms with Gasteiger partial charge in [0.25, 0.3) is 5.91 Å². The molecule has 5 nitrogen and oxygen atoms in total. The van der Waals surface area contributed by atoms with Crippen molar-refractivity contribution in [1.29, 1.82) is 0 Å². The molecule has 1 amide bonds. The molecular weight excluding hydrogens is 305 g/mol. The van der Waals surface area contributed by atoms with Crippen LogP contribution >= 0.6 is 23.2 Å². The number of carboxylic acids is 1. The average Bonchev–Trinajstić information content (AvgIpc) is 2.36. The Kier molecular flexibility index (Phi) is 6.10. The number of hydrogen-bond donors (Lipinski definition) is 2. The Balaban J connectivity index is 2.59. The molecule has 0 heterocycles. The number of ether oxygens (including phenoxy) is 1. The average molecular weight is 320 g/mol. The highest BCUT2D eigenvalue weighted by Crippen LogP contribution is 2.27. The van der Waals surface area contributed by atoms with Crippen molar-refractivity contribution in [3.63, 3.8) is 0 Å². The highest BCUT2D eigenvalue weighted by Gasteiger charge is 2.23. The van der Waals surface area contributed by atoms with Gasteiger partial charge in [-0.2, -0.15) is 0 Å². The number of amides is 1. The fraction of sp³-hybridized carbons (Fsp3) is 0.385. The Hall–Kier alpha value is -1.46. The van der Waals surface area contributed by atoms with Gasteiger partial charge in [-0.05, 0) is 18.1 Å². The first-order chi connectivity index (χ1) is 9.31. The first kappa shape index (κ1) is 16.6. The molecular formula is C13H15Cl2NO4. The Bertz CT molecular complexity index is 505. The van der Waals surface area contributed by atoms with Crippen molar-refractivity contribution >= 4 is 35.1 Å². The van der Waals surface area contributed by atoms with Crippen LogP contribution in [0.1, 0.15) is 13.8 Å². The summed E-state index contributed by atoms with van der Waals surface area (Å²) in [4.78, 5) is 22.6. The van der Waals surface area contributed by atoms with Crippen LogP contribution in [0.5, 0.6) is 5.75 Å². The first-order valence-electron chi connectivity index (χ1n) is 5.91. The Morgan fingerprint density at radius 1 is 1.35 bits per heavy atom. The minimum absolute atomic E-state index is 0.230. The van der Waals surface area contributed by atoms with Gasteiger partial charge in [-0.1, -0.05) is 37.0 Å². The van der Waals surface area contributed by atoms with Crippen LogP contribution in [0.15, 0.2) is 18.2 Å². The molecule has 1 rings (SSSR count). The van der Waals surface area contributed by atoms with E-state index in [1.165, 1.54) is 6.07 Å². The van der Waals surface area contributed by atoms with Crippen molar-refractivity contribution in [3.8, 4) is 5.75 Å². The van der Waals surface area contributed by atoms with Gasteiger partial charge in [0, 0.05) is 11.1 Å². The summed E-state index contributed by atoms with van der Waals surface area (Å²) < 4.78 is 5.22. The van der Waals surface area contributed by atoms with Gasteiger partial charge in [0.1, 0.15) is 11.8 Å². The van der Waals surface area contributed by atoms with Gasteiger partial charge in [0.15, 0.2) is 6.61 Å². The quantitative estimate of drug-likeness (QED) is 0.845. The monoisotopic (exact) mass is 319 g/mol. The highest BCUT2D eigenvalue weighted by atomic mass is 35.5. The van der Waals surface area contributed by atoms with Crippen LogP contribution < -0.4 is 10.1 Å².